The summed E-state index contributed by atoms with van der Waals surface area (Å²) in [6.45, 7) is 2.87. The number of anilines is 1. The number of aromatic carboxylic acids is 1. The molecule has 1 aromatic heterocycles. The van der Waals surface area contributed by atoms with Crippen molar-refractivity contribution >= 4 is 23.5 Å². The molecule has 0 saturated carbocycles. The lowest BCUT2D eigenvalue weighted by atomic mass is 10.4. The number of nitrogens with one attached hydrogen (secondary N) is 1. The van der Waals surface area contributed by atoms with E-state index >= 15 is 0 Å². The second kappa shape index (κ2) is 5.55. The Balaban J connectivity index is 2.53. The molecule has 0 aliphatic rings. The lowest BCUT2D eigenvalue weighted by Crippen LogP contribution is -2.14. The molecule has 1 unspecified atom stereocenters. The van der Waals surface area contributed by atoms with E-state index in [2.05, 4.69) is 22.2 Å². The van der Waals surface area contributed by atoms with Crippen molar-refractivity contribution in [2.45, 2.75) is 12.2 Å². The van der Waals surface area contributed by atoms with E-state index in [0.29, 0.717) is 11.1 Å². The van der Waals surface area contributed by atoms with Crippen LogP contribution in [-0.4, -0.2) is 39.1 Å². The molecule has 0 spiro atoms. The third-order valence-corrected chi connectivity index (χ3v) is 2.82. The zero-order valence-corrected chi connectivity index (χ0v) is 9.41. The van der Waals surface area contributed by atoms with Crippen LogP contribution in [0.2, 0.25) is 0 Å². The summed E-state index contributed by atoms with van der Waals surface area (Å²) in [5.74, 6) is -0.465. The maximum absolute atomic E-state index is 10.5. The van der Waals surface area contributed by atoms with Crippen molar-refractivity contribution in [3.05, 3.63) is 18.1 Å². The Labute approximate surface area is 92.3 Å². The predicted octanol–water partition coefficient (Wildman–Crippen LogP) is 1.34. The molecule has 1 rings (SSSR count). The minimum atomic E-state index is -1.06. The van der Waals surface area contributed by atoms with Gasteiger partial charge in [0.25, 0.3) is 0 Å². The first kappa shape index (κ1) is 11.8. The minimum absolute atomic E-state index is 0.0431. The summed E-state index contributed by atoms with van der Waals surface area (Å²) < 4.78 is 0. The van der Waals surface area contributed by atoms with Crippen molar-refractivity contribution in [1.29, 1.82) is 0 Å². The Bertz CT molecular complexity index is 329. The van der Waals surface area contributed by atoms with E-state index in [1.807, 2.05) is 6.26 Å². The van der Waals surface area contributed by atoms with Gasteiger partial charge in [0, 0.05) is 11.8 Å². The average molecular weight is 227 g/mol. The van der Waals surface area contributed by atoms with Gasteiger partial charge in [-0.2, -0.15) is 11.8 Å². The average Bonchev–Trinajstić information content (AvgIpc) is 2.26. The number of rotatable bonds is 5. The van der Waals surface area contributed by atoms with Gasteiger partial charge in [-0.25, -0.2) is 14.8 Å². The smallest absolute Gasteiger partial charge is 0.356 e. The Morgan fingerprint density at radius 3 is 2.80 bits per heavy atom. The fraction of sp³-hybridized carbons (Fsp3) is 0.444. The molecule has 5 nitrogen and oxygen atoms in total. The number of carboxylic acid groups (broad SMARTS) is 1. The van der Waals surface area contributed by atoms with Crippen LogP contribution in [0.25, 0.3) is 0 Å². The summed E-state index contributed by atoms with van der Waals surface area (Å²) >= 11 is 1.75. The highest BCUT2D eigenvalue weighted by atomic mass is 32.2. The van der Waals surface area contributed by atoms with Crippen LogP contribution in [-0.2, 0) is 0 Å². The molecule has 0 amide bonds. The zero-order valence-electron chi connectivity index (χ0n) is 8.60. The van der Waals surface area contributed by atoms with E-state index in [1.54, 1.807) is 11.8 Å². The Morgan fingerprint density at radius 2 is 2.33 bits per heavy atom. The van der Waals surface area contributed by atoms with Gasteiger partial charge < -0.3 is 10.4 Å². The zero-order chi connectivity index (χ0) is 11.3. The fourth-order valence-corrected chi connectivity index (χ4v) is 1.11. The van der Waals surface area contributed by atoms with Crippen molar-refractivity contribution in [3.8, 4) is 0 Å². The van der Waals surface area contributed by atoms with Crippen LogP contribution in [0.1, 0.15) is 17.4 Å². The van der Waals surface area contributed by atoms with Crippen LogP contribution in [0.3, 0.4) is 0 Å². The van der Waals surface area contributed by atoms with Crippen molar-refractivity contribution in [1.82, 2.24) is 9.97 Å². The number of carbonyl (C=O) groups is 1. The van der Waals surface area contributed by atoms with Gasteiger partial charge >= 0.3 is 5.97 Å². The van der Waals surface area contributed by atoms with Crippen molar-refractivity contribution in [3.63, 3.8) is 0 Å². The first-order valence-electron chi connectivity index (χ1n) is 4.45. The number of hydrogen-bond acceptors (Lipinski definition) is 5. The molecule has 1 heterocycles. The quantitative estimate of drug-likeness (QED) is 0.790. The first-order valence-corrected chi connectivity index (χ1v) is 5.74. The molecule has 0 radical (unpaired) electrons. The summed E-state index contributed by atoms with van der Waals surface area (Å²) in [5, 5.41) is 12.2. The number of hydrogen-bond donors (Lipinski definition) is 2. The van der Waals surface area contributed by atoms with Gasteiger partial charge in [0.05, 0.1) is 12.4 Å². The van der Waals surface area contributed by atoms with Crippen LogP contribution in [0.4, 0.5) is 5.82 Å². The molecule has 6 heteroatoms. The summed E-state index contributed by atoms with van der Waals surface area (Å²) in [6.07, 6.45) is 4.70. The van der Waals surface area contributed by atoms with E-state index in [9.17, 15) is 4.79 Å². The molecule has 2 N–H and O–H groups in total. The van der Waals surface area contributed by atoms with Gasteiger partial charge in [-0.05, 0) is 6.26 Å². The highest BCUT2D eigenvalue weighted by molar-refractivity contribution is 7.99. The maximum Gasteiger partial charge on any atom is 0.356 e. The van der Waals surface area contributed by atoms with E-state index in [4.69, 9.17) is 5.11 Å². The van der Waals surface area contributed by atoms with Gasteiger partial charge in [-0.3, -0.25) is 0 Å². The Morgan fingerprint density at radius 1 is 1.60 bits per heavy atom. The highest BCUT2D eigenvalue weighted by Gasteiger charge is 2.05. The van der Waals surface area contributed by atoms with Crippen molar-refractivity contribution < 1.29 is 9.90 Å². The standard InChI is InChI=1S/C9H13N3O2S/c1-6(15-2)3-11-8-5-10-7(4-12-8)9(13)14/h4-6H,3H2,1-2H3,(H,11,12)(H,13,14). The van der Waals surface area contributed by atoms with E-state index in [1.165, 1.54) is 12.4 Å². The molecule has 0 aliphatic heterocycles. The van der Waals surface area contributed by atoms with Crippen LogP contribution in [0.15, 0.2) is 12.4 Å². The fourth-order valence-electron chi connectivity index (χ4n) is 0.861. The molecule has 1 atom stereocenters. The van der Waals surface area contributed by atoms with E-state index < -0.39 is 5.97 Å². The second-order valence-corrected chi connectivity index (χ2v) is 4.30. The maximum atomic E-state index is 10.5. The molecule has 1 aromatic rings. The third kappa shape index (κ3) is 3.75. The van der Waals surface area contributed by atoms with Gasteiger partial charge in [0.2, 0.25) is 0 Å². The molecule has 0 saturated heterocycles. The molecular formula is C9H13N3O2S. The Kier molecular flexibility index (Phi) is 4.36. The highest BCUT2D eigenvalue weighted by Crippen LogP contribution is 2.07. The lowest BCUT2D eigenvalue weighted by Gasteiger charge is -2.09. The monoisotopic (exact) mass is 227 g/mol. The molecule has 0 aromatic carbocycles. The largest absolute Gasteiger partial charge is 0.476 e. The van der Waals surface area contributed by atoms with Crippen LogP contribution < -0.4 is 5.32 Å². The third-order valence-electron chi connectivity index (χ3n) is 1.84. The SMILES string of the molecule is CSC(C)CNc1cnc(C(=O)O)cn1. The number of carboxylic acids is 1. The number of thioether (sulfide) groups is 1. The molecule has 82 valence electrons. The first-order chi connectivity index (χ1) is 7.13. The summed E-state index contributed by atoms with van der Waals surface area (Å²) in [6, 6.07) is 0. The van der Waals surface area contributed by atoms with Gasteiger partial charge in [0.1, 0.15) is 5.82 Å². The van der Waals surface area contributed by atoms with Crippen LogP contribution in [0, 0.1) is 0 Å². The molecule has 0 bridgehead atoms. The van der Waals surface area contributed by atoms with E-state index in [0.717, 1.165) is 6.54 Å². The predicted molar refractivity (Wildman–Crippen MR) is 60.5 cm³/mol. The summed E-state index contributed by atoms with van der Waals surface area (Å²) in [7, 11) is 0. The Hall–Kier alpha value is -1.30. The lowest BCUT2D eigenvalue weighted by molar-refractivity contribution is 0.0690. The second-order valence-electron chi connectivity index (χ2n) is 3.02. The molecule has 0 aliphatic carbocycles. The normalized spacial score (nSPS) is 12.1. The van der Waals surface area contributed by atoms with Gasteiger partial charge in [0.15, 0.2) is 5.69 Å². The number of aromatic nitrogens is 2. The van der Waals surface area contributed by atoms with E-state index in [-0.39, 0.29) is 5.69 Å². The molecule has 0 fully saturated rings. The van der Waals surface area contributed by atoms with Crippen molar-refractivity contribution in [2.75, 3.05) is 18.1 Å². The molecule has 15 heavy (non-hydrogen) atoms. The van der Waals surface area contributed by atoms with Gasteiger partial charge in [-0.1, -0.05) is 6.92 Å². The summed E-state index contributed by atoms with van der Waals surface area (Å²) in [4.78, 5) is 18.2. The topological polar surface area (TPSA) is 75.1 Å². The minimum Gasteiger partial charge on any atom is -0.476 e. The van der Waals surface area contributed by atoms with Crippen molar-refractivity contribution in [2.24, 2.45) is 0 Å². The number of nitrogens with zero attached hydrogens (tertiary/aromatic N) is 2. The molecular weight excluding hydrogens is 214 g/mol. The van der Waals surface area contributed by atoms with Gasteiger partial charge in [-0.15, -0.1) is 0 Å². The van der Waals surface area contributed by atoms with Crippen LogP contribution in [0.5, 0.6) is 0 Å². The van der Waals surface area contributed by atoms with Crippen LogP contribution >= 0.6 is 11.8 Å². The summed E-state index contributed by atoms with van der Waals surface area (Å²) in [5.41, 5.74) is -0.0431.